The van der Waals surface area contributed by atoms with Crippen LogP contribution in [0.25, 0.3) is 11.4 Å². The number of aryl methyl sites for hydroxylation is 1. The Morgan fingerprint density at radius 3 is 2.86 bits per heavy atom. The minimum Gasteiger partial charge on any atom is -0.480 e. The number of imidazole rings is 1. The van der Waals surface area contributed by atoms with Crippen LogP contribution in [0.4, 0.5) is 0 Å². The minimum atomic E-state index is 0.535. The summed E-state index contributed by atoms with van der Waals surface area (Å²) in [5, 5.41) is 2.02. The molecule has 0 aliphatic rings. The molecular weight excluding hydrogens is 198 g/mol. The second kappa shape index (κ2) is 3.34. The molecule has 0 aliphatic carbocycles. The molecule has 2 aromatic heterocycles. The van der Waals surface area contributed by atoms with Gasteiger partial charge in [0.1, 0.15) is 0 Å². The Kier molecular flexibility index (Phi) is 2.17. The van der Waals surface area contributed by atoms with Crippen molar-refractivity contribution in [3.05, 3.63) is 22.5 Å². The third kappa shape index (κ3) is 1.35. The van der Waals surface area contributed by atoms with Crippen molar-refractivity contribution in [1.29, 1.82) is 0 Å². The van der Waals surface area contributed by atoms with E-state index in [1.807, 2.05) is 18.4 Å². The predicted molar refractivity (Wildman–Crippen MR) is 57.0 cm³/mol. The van der Waals surface area contributed by atoms with Crippen LogP contribution in [-0.2, 0) is 0 Å². The van der Waals surface area contributed by atoms with E-state index in [0.717, 1.165) is 11.4 Å². The average Bonchev–Trinajstić information content (AvgIpc) is 2.72. The van der Waals surface area contributed by atoms with Crippen molar-refractivity contribution >= 4 is 11.3 Å². The third-order valence-corrected chi connectivity index (χ3v) is 2.86. The Labute approximate surface area is 85.9 Å². The van der Waals surface area contributed by atoms with Crippen molar-refractivity contribution in [2.45, 2.75) is 6.92 Å². The fraction of sp³-hybridized carbons (Fsp3) is 0.222. The normalized spacial score (nSPS) is 10.4. The lowest BCUT2D eigenvalue weighted by molar-refractivity contribution is 0.400. The van der Waals surface area contributed by atoms with E-state index in [1.165, 1.54) is 9.55 Å². The summed E-state index contributed by atoms with van der Waals surface area (Å²) in [4.78, 5) is 5.45. The standard InChI is InChI=1S/C9H11N3OS/c1-6-7(3-4-14-6)9-11-8(13-2)5-12(9)10/h3-5H,10H2,1-2H3. The van der Waals surface area contributed by atoms with Crippen LogP contribution in [0, 0.1) is 6.92 Å². The van der Waals surface area contributed by atoms with Gasteiger partial charge in [0.25, 0.3) is 0 Å². The summed E-state index contributed by atoms with van der Waals surface area (Å²) in [6.45, 7) is 2.04. The van der Waals surface area contributed by atoms with Gasteiger partial charge in [0, 0.05) is 10.4 Å². The van der Waals surface area contributed by atoms with Gasteiger partial charge >= 0.3 is 0 Å². The van der Waals surface area contributed by atoms with Gasteiger partial charge < -0.3 is 10.6 Å². The summed E-state index contributed by atoms with van der Waals surface area (Å²) in [5.74, 6) is 7.03. The molecule has 0 saturated heterocycles. The van der Waals surface area contributed by atoms with Crippen LogP contribution in [-0.4, -0.2) is 16.8 Å². The fourth-order valence-electron chi connectivity index (χ4n) is 1.29. The van der Waals surface area contributed by atoms with Crippen LogP contribution in [0.3, 0.4) is 0 Å². The lowest BCUT2D eigenvalue weighted by atomic mass is 10.2. The van der Waals surface area contributed by atoms with Crippen molar-refractivity contribution in [3.63, 3.8) is 0 Å². The molecule has 0 aliphatic heterocycles. The van der Waals surface area contributed by atoms with Gasteiger partial charge in [-0.15, -0.1) is 11.3 Å². The predicted octanol–water partition coefficient (Wildman–Crippen LogP) is 1.64. The summed E-state index contributed by atoms with van der Waals surface area (Å²) >= 11 is 1.68. The molecule has 14 heavy (non-hydrogen) atoms. The van der Waals surface area contributed by atoms with Gasteiger partial charge in [-0.2, -0.15) is 4.98 Å². The number of thiophene rings is 1. The molecule has 2 aromatic rings. The van der Waals surface area contributed by atoms with Crippen LogP contribution in [0.15, 0.2) is 17.6 Å². The van der Waals surface area contributed by atoms with Crippen LogP contribution in [0.5, 0.6) is 5.88 Å². The van der Waals surface area contributed by atoms with E-state index in [0.29, 0.717) is 5.88 Å². The van der Waals surface area contributed by atoms with E-state index in [2.05, 4.69) is 4.98 Å². The van der Waals surface area contributed by atoms with Gasteiger partial charge in [0.15, 0.2) is 5.82 Å². The maximum Gasteiger partial charge on any atom is 0.234 e. The summed E-state index contributed by atoms with van der Waals surface area (Å²) in [6, 6.07) is 2.01. The quantitative estimate of drug-likeness (QED) is 0.765. The highest BCUT2D eigenvalue weighted by Crippen LogP contribution is 2.27. The molecule has 5 heteroatoms. The lowest BCUT2D eigenvalue weighted by Crippen LogP contribution is -2.08. The summed E-state index contributed by atoms with van der Waals surface area (Å²) in [6.07, 6.45) is 1.66. The van der Waals surface area contributed by atoms with Gasteiger partial charge in [-0.05, 0) is 18.4 Å². The highest BCUT2D eigenvalue weighted by atomic mass is 32.1. The number of hydrogen-bond donors (Lipinski definition) is 1. The second-order valence-electron chi connectivity index (χ2n) is 2.90. The molecule has 0 amide bonds. The molecule has 0 bridgehead atoms. The number of rotatable bonds is 2. The average molecular weight is 209 g/mol. The molecule has 4 nitrogen and oxygen atoms in total. The molecular formula is C9H11N3OS. The Morgan fingerprint density at radius 2 is 2.36 bits per heavy atom. The molecule has 0 atom stereocenters. The second-order valence-corrected chi connectivity index (χ2v) is 4.02. The van der Waals surface area contributed by atoms with E-state index >= 15 is 0 Å². The SMILES string of the molecule is COc1cn(N)c(-c2ccsc2C)n1. The van der Waals surface area contributed by atoms with Crippen molar-refractivity contribution < 1.29 is 4.74 Å². The summed E-state index contributed by atoms with van der Waals surface area (Å²) < 4.78 is 6.49. The maximum absolute atomic E-state index is 5.76. The highest BCUT2D eigenvalue weighted by molar-refractivity contribution is 7.10. The van der Waals surface area contributed by atoms with Gasteiger partial charge in [0.05, 0.1) is 13.3 Å². The monoisotopic (exact) mass is 209 g/mol. The molecule has 0 unspecified atom stereocenters. The maximum atomic E-state index is 5.76. The number of nitrogen functional groups attached to an aromatic ring is 1. The van der Waals surface area contributed by atoms with Crippen molar-refractivity contribution in [2.24, 2.45) is 0 Å². The van der Waals surface area contributed by atoms with Crippen LogP contribution < -0.4 is 10.6 Å². The molecule has 0 fully saturated rings. The number of nitrogens with zero attached hydrogens (tertiary/aromatic N) is 2. The molecule has 0 spiro atoms. The first-order valence-corrected chi connectivity index (χ1v) is 5.03. The Balaban J connectivity index is 2.51. The van der Waals surface area contributed by atoms with Gasteiger partial charge in [-0.25, -0.2) is 4.68 Å². The zero-order valence-corrected chi connectivity index (χ0v) is 8.84. The summed E-state index contributed by atoms with van der Waals surface area (Å²) in [5.41, 5.74) is 1.06. The number of hydrogen-bond acceptors (Lipinski definition) is 4. The van der Waals surface area contributed by atoms with Crippen LogP contribution in [0.1, 0.15) is 4.88 Å². The Morgan fingerprint density at radius 1 is 1.57 bits per heavy atom. The zero-order chi connectivity index (χ0) is 10.1. The van der Waals surface area contributed by atoms with Crippen molar-refractivity contribution in [1.82, 2.24) is 9.66 Å². The third-order valence-electron chi connectivity index (χ3n) is 2.02. The first-order chi connectivity index (χ1) is 6.72. The number of nitrogens with two attached hydrogens (primary N) is 1. The first-order valence-electron chi connectivity index (χ1n) is 4.15. The van der Waals surface area contributed by atoms with E-state index in [4.69, 9.17) is 10.6 Å². The molecule has 0 radical (unpaired) electrons. The van der Waals surface area contributed by atoms with E-state index in [1.54, 1.807) is 24.6 Å². The molecule has 2 rings (SSSR count). The molecule has 2 heterocycles. The first kappa shape index (κ1) is 9.08. The Hall–Kier alpha value is -1.49. The van der Waals surface area contributed by atoms with E-state index < -0.39 is 0 Å². The molecule has 74 valence electrons. The smallest absolute Gasteiger partial charge is 0.234 e. The lowest BCUT2D eigenvalue weighted by Gasteiger charge is -1.98. The number of ether oxygens (including phenoxy) is 1. The molecule has 0 saturated carbocycles. The van der Waals surface area contributed by atoms with Gasteiger partial charge in [0.2, 0.25) is 5.88 Å². The van der Waals surface area contributed by atoms with E-state index in [9.17, 15) is 0 Å². The van der Waals surface area contributed by atoms with E-state index in [-0.39, 0.29) is 0 Å². The van der Waals surface area contributed by atoms with Crippen molar-refractivity contribution in [2.75, 3.05) is 13.0 Å². The Bertz CT molecular complexity index is 447. The van der Waals surface area contributed by atoms with Gasteiger partial charge in [-0.3, -0.25) is 0 Å². The number of methoxy groups -OCH3 is 1. The van der Waals surface area contributed by atoms with Gasteiger partial charge in [-0.1, -0.05) is 0 Å². The largest absolute Gasteiger partial charge is 0.480 e. The van der Waals surface area contributed by atoms with Crippen LogP contribution in [0.2, 0.25) is 0 Å². The minimum absolute atomic E-state index is 0.535. The summed E-state index contributed by atoms with van der Waals surface area (Å²) in [7, 11) is 1.58. The van der Waals surface area contributed by atoms with Crippen LogP contribution >= 0.6 is 11.3 Å². The van der Waals surface area contributed by atoms with Crippen molar-refractivity contribution in [3.8, 4) is 17.3 Å². The zero-order valence-electron chi connectivity index (χ0n) is 8.02. The topological polar surface area (TPSA) is 53.1 Å². The fourth-order valence-corrected chi connectivity index (χ4v) is 1.98. The number of aromatic nitrogens is 2. The highest BCUT2D eigenvalue weighted by Gasteiger charge is 2.11. The molecule has 0 aromatic carbocycles. The molecule has 2 N–H and O–H groups in total.